The lowest BCUT2D eigenvalue weighted by Crippen LogP contribution is -2.34. The normalized spacial score (nSPS) is 19.3. The molecule has 1 aromatic heterocycles. The molecule has 3 aromatic rings. The summed E-state index contributed by atoms with van der Waals surface area (Å²) in [7, 11) is 0. The number of fused-ring (bicyclic) bond motifs is 1. The highest BCUT2D eigenvalue weighted by molar-refractivity contribution is 7.00. The van der Waals surface area contributed by atoms with Crippen LogP contribution < -0.4 is 5.32 Å². The first-order valence-electron chi connectivity index (χ1n) is 7.76. The standard InChI is InChI=1S/C17H12Cl2N4O2S/c1-8-13(16(21-25-8)14-9(18)4-2-5-10(14)19)17(24)20-11-6-3-7-12-15(11)23-26-22-12/h2-8,13H,1H3,(H,20,24). The quantitative estimate of drug-likeness (QED) is 0.699. The lowest BCUT2D eigenvalue weighted by atomic mass is 9.92. The van der Waals surface area contributed by atoms with E-state index in [1.165, 1.54) is 0 Å². The average molecular weight is 407 g/mol. The van der Waals surface area contributed by atoms with E-state index in [-0.39, 0.29) is 5.91 Å². The zero-order chi connectivity index (χ0) is 18.3. The molecular weight excluding hydrogens is 395 g/mol. The summed E-state index contributed by atoms with van der Waals surface area (Å²) in [5.74, 6) is -0.931. The zero-order valence-electron chi connectivity index (χ0n) is 13.4. The number of nitrogens with zero attached hydrogens (tertiary/aromatic N) is 3. The van der Waals surface area contributed by atoms with Crippen molar-refractivity contribution >= 4 is 63.3 Å². The molecule has 1 N–H and O–H groups in total. The van der Waals surface area contributed by atoms with Crippen molar-refractivity contribution in [2.24, 2.45) is 11.1 Å². The van der Waals surface area contributed by atoms with Gasteiger partial charge < -0.3 is 10.2 Å². The van der Waals surface area contributed by atoms with Crippen molar-refractivity contribution in [3.8, 4) is 0 Å². The molecule has 132 valence electrons. The molecule has 1 aliphatic heterocycles. The Kier molecular flexibility index (Phi) is 4.52. The van der Waals surface area contributed by atoms with Gasteiger partial charge in [-0.2, -0.15) is 8.75 Å². The van der Waals surface area contributed by atoms with Gasteiger partial charge in [0.25, 0.3) is 0 Å². The van der Waals surface area contributed by atoms with Gasteiger partial charge >= 0.3 is 0 Å². The Hall–Kier alpha value is -2.22. The molecule has 1 amide bonds. The molecule has 0 saturated carbocycles. The number of hydrogen-bond acceptors (Lipinski definition) is 6. The van der Waals surface area contributed by atoms with E-state index in [1.54, 1.807) is 31.2 Å². The minimum Gasteiger partial charge on any atom is -0.391 e. The molecule has 4 rings (SSSR count). The third-order valence-corrected chi connectivity index (χ3v) is 5.30. The number of carbonyl (C=O) groups is 1. The van der Waals surface area contributed by atoms with Gasteiger partial charge in [-0.1, -0.05) is 40.5 Å². The van der Waals surface area contributed by atoms with Gasteiger partial charge in [-0.3, -0.25) is 4.79 Å². The molecular formula is C17H12Cl2N4O2S. The maximum atomic E-state index is 13.0. The van der Waals surface area contributed by atoms with E-state index in [0.717, 1.165) is 17.2 Å². The number of nitrogens with one attached hydrogen (secondary N) is 1. The molecule has 1 aliphatic rings. The largest absolute Gasteiger partial charge is 0.391 e. The number of aromatic nitrogens is 2. The van der Waals surface area contributed by atoms with Crippen molar-refractivity contribution in [1.82, 2.24) is 8.75 Å². The first-order chi connectivity index (χ1) is 12.6. The fourth-order valence-corrected chi connectivity index (χ4v) is 4.02. The summed E-state index contributed by atoms with van der Waals surface area (Å²) < 4.78 is 8.42. The SMILES string of the molecule is CC1ON=C(c2c(Cl)cccc2Cl)C1C(=O)Nc1cccc2nsnc12. The van der Waals surface area contributed by atoms with Gasteiger partial charge in [0, 0.05) is 5.56 Å². The predicted octanol–water partition coefficient (Wildman–Crippen LogP) is 4.38. The van der Waals surface area contributed by atoms with Crippen LogP contribution in [0.5, 0.6) is 0 Å². The lowest BCUT2D eigenvalue weighted by molar-refractivity contribution is -0.120. The predicted molar refractivity (Wildman–Crippen MR) is 103 cm³/mol. The number of oxime groups is 1. The topological polar surface area (TPSA) is 76.5 Å². The van der Waals surface area contributed by atoms with E-state index < -0.39 is 12.0 Å². The van der Waals surface area contributed by atoms with Crippen LogP contribution in [0.25, 0.3) is 11.0 Å². The molecule has 26 heavy (non-hydrogen) atoms. The molecule has 6 nitrogen and oxygen atoms in total. The van der Waals surface area contributed by atoms with Crippen molar-refractivity contribution in [2.75, 3.05) is 5.32 Å². The molecule has 0 saturated heterocycles. The highest BCUT2D eigenvalue weighted by atomic mass is 35.5. The van der Waals surface area contributed by atoms with Crippen molar-refractivity contribution in [2.45, 2.75) is 13.0 Å². The number of rotatable bonds is 3. The maximum Gasteiger partial charge on any atom is 0.237 e. The third-order valence-electron chi connectivity index (χ3n) is 4.13. The van der Waals surface area contributed by atoms with Crippen LogP contribution in [-0.2, 0) is 9.63 Å². The zero-order valence-corrected chi connectivity index (χ0v) is 15.8. The molecule has 2 aromatic carbocycles. The van der Waals surface area contributed by atoms with E-state index in [0.29, 0.717) is 32.5 Å². The summed E-state index contributed by atoms with van der Waals surface area (Å²) in [5.41, 5.74) is 2.88. The highest BCUT2D eigenvalue weighted by Crippen LogP contribution is 2.33. The van der Waals surface area contributed by atoms with E-state index in [4.69, 9.17) is 28.0 Å². The molecule has 2 unspecified atom stereocenters. The van der Waals surface area contributed by atoms with Crippen LogP contribution in [0.3, 0.4) is 0 Å². The van der Waals surface area contributed by atoms with Crippen LogP contribution in [-0.4, -0.2) is 26.5 Å². The minimum absolute atomic E-state index is 0.273. The third kappa shape index (κ3) is 2.92. The molecule has 0 bridgehead atoms. The Labute approximate surface area is 163 Å². The Morgan fingerprint density at radius 1 is 1.15 bits per heavy atom. The van der Waals surface area contributed by atoms with Gasteiger partial charge in [0.15, 0.2) is 0 Å². The van der Waals surface area contributed by atoms with Crippen LogP contribution in [0, 0.1) is 5.92 Å². The summed E-state index contributed by atoms with van der Waals surface area (Å²) in [6.07, 6.45) is -0.454. The summed E-state index contributed by atoms with van der Waals surface area (Å²) in [6.45, 7) is 1.77. The molecule has 2 heterocycles. The monoisotopic (exact) mass is 406 g/mol. The smallest absolute Gasteiger partial charge is 0.237 e. The fourth-order valence-electron chi connectivity index (χ4n) is 2.88. The minimum atomic E-state index is -0.658. The molecule has 0 radical (unpaired) electrons. The Balaban J connectivity index is 1.68. The van der Waals surface area contributed by atoms with Crippen LogP contribution in [0.4, 0.5) is 5.69 Å². The number of hydrogen-bond donors (Lipinski definition) is 1. The lowest BCUT2D eigenvalue weighted by Gasteiger charge is -2.17. The Bertz CT molecular complexity index is 1020. The van der Waals surface area contributed by atoms with Gasteiger partial charge in [-0.05, 0) is 31.2 Å². The van der Waals surface area contributed by atoms with Crippen LogP contribution in [0.15, 0.2) is 41.6 Å². The molecule has 0 aliphatic carbocycles. The van der Waals surface area contributed by atoms with Crippen molar-refractivity contribution in [1.29, 1.82) is 0 Å². The highest BCUT2D eigenvalue weighted by Gasteiger charge is 2.39. The van der Waals surface area contributed by atoms with Gasteiger partial charge in [0.05, 0.1) is 27.5 Å². The molecule has 2 atom stereocenters. The van der Waals surface area contributed by atoms with E-state index in [9.17, 15) is 4.79 Å². The van der Waals surface area contributed by atoms with Gasteiger partial charge in [-0.15, -0.1) is 0 Å². The van der Waals surface area contributed by atoms with E-state index in [1.807, 2.05) is 12.1 Å². The molecule has 9 heteroatoms. The van der Waals surface area contributed by atoms with Crippen molar-refractivity contribution in [3.05, 3.63) is 52.0 Å². The Morgan fingerprint density at radius 3 is 2.65 bits per heavy atom. The second-order valence-electron chi connectivity index (χ2n) is 5.79. The van der Waals surface area contributed by atoms with Crippen LogP contribution in [0.1, 0.15) is 12.5 Å². The summed E-state index contributed by atoms with van der Waals surface area (Å²) in [5, 5.41) is 7.80. The number of anilines is 1. The molecule has 0 fully saturated rings. The van der Waals surface area contributed by atoms with Crippen LogP contribution >= 0.6 is 34.9 Å². The van der Waals surface area contributed by atoms with Gasteiger partial charge in [0.1, 0.15) is 28.8 Å². The second kappa shape index (κ2) is 6.83. The summed E-state index contributed by atoms with van der Waals surface area (Å²) in [6, 6.07) is 10.6. The second-order valence-corrected chi connectivity index (χ2v) is 7.13. The van der Waals surface area contributed by atoms with Gasteiger partial charge in [0.2, 0.25) is 5.91 Å². The maximum absolute atomic E-state index is 13.0. The Morgan fingerprint density at radius 2 is 1.88 bits per heavy atom. The van der Waals surface area contributed by atoms with Crippen molar-refractivity contribution in [3.63, 3.8) is 0 Å². The fraction of sp³-hybridized carbons (Fsp3) is 0.176. The number of halogens is 2. The average Bonchev–Trinajstić information content (AvgIpc) is 3.22. The first-order valence-corrected chi connectivity index (χ1v) is 9.25. The van der Waals surface area contributed by atoms with E-state index >= 15 is 0 Å². The van der Waals surface area contributed by atoms with Crippen molar-refractivity contribution < 1.29 is 9.63 Å². The van der Waals surface area contributed by atoms with Gasteiger partial charge in [-0.25, -0.2) is 0 Å². The first kappa shape index (κ1) is 17.2. The summed E-state index contributed by atoms with van der Waals surface area (Å²) in [4.78, 5) is 18.4. The number of carbonyl (C=O) groups excluding carboxylic acids is 1. The summed E-state index contributed by atoms with van der Waals surface area (Å²) >= 11 is 13.7. The number of amides is 1. The number of benzene rings is 2. The molecule has 0 spiro atoms. The van der Waals surface area contributed by atoms with E-state index in [2.05, 4.69) is 19.2 Å². The van der Waals surface area contributed by atoms with Crippen LogP contribution in [0.2, 0.25) is 10.0 Å².